The topological polar surface area (TPSA) is 84.9 Å². The van der Waals surface area contributed by atoms with Gasteiger partial charge in [-0.15, -0.1) is 0 Å². The van der Waals surface area contributed by atoms with Crippen molar-refractivity contribution >= 4 is 33.2 Å². The first-order chi connectivity index (χ1) is 15.0. The highest BCUT2D eigenvalue weighted by atomic mass is 35.5. The number of nitrogens with zero attached hydrogens (tertiary/aromatic N) is 1. The van der Waals surface area contributed by atoms with Crippen molar-refractivity contribution in [1.29, 1.82) is 0 Å². The third kappa shape index (κ3) is 5.64. The fraction of sp³-hybridized carbons (Fsp3) is 0.350. The molecule has 1 N–H and O–H groups in total. The second kappa shape index (κ2) is 9.55. The third-order valence-electron chi connectivity index (χ3n) is 4.70. The molecule has 32 heavy (non-hydrogen) atoms. The molecule has 7 nitrogen and oxygen atoms in total. The zero-order valence-electron chi connectivity index (χ0n) is 16.9. The minimum Gasteiger partial charge on any atom is -0.496 e. The molecule has 0 saturated carbocycles. The summed E-state index contributed by atoms with van der Waals surface area (Å²) in [6.45, 7) is -0.930. The fourth-order valence-electron chi connectivity index (χ4n) is 3.18. The van der Waals surface area contributed by atoms with E-state index >= 15 is 0 Å². The first kappa shape index (κ1) is 24.1. The van der Waals surface area contributed by atoms with Crippen LogP contribution in [0, 0.1) is 0 Å². The number of rotatable bonds is 7. The molecule has 0 unspecified atom stereocenters. The van der Waals surface area contributed by atoms with Gasteiger partial charge in [0.05, 0.1) is 23.3 Å². The van der Waals surface area contributed by atoms with E-state index in [2.05, 4.69) is 5.32 Å². The van der Waals surface area contributed by atoms with Crippen LogP contribution in [0.1, 0.15) is 23.2 Å². The summed E-state index contributed by atoms with van der Waals surface area (Å²) < 4.78 is 75.0. The third-order valence-corrected chi connectivity index (χ3v) is 6.83. The summed E-state index contributed by atoms with van der Waals surface area (Å²) in [7, 11) is -2.55. The molecule has 2 aromatic rings. The molecule has 0 radical (unpaired) electrons. The predicted octanol–water partition coefficient (Wildman–Crippen LogP) is 4.33. The average Bonchev–Trinajstić information content (AvgIpc) is 3.28. The highest BCUT2D eigenvalue weighted by molar-refractivity contribution is 7.89. The van der Waals surface area contributed by atoms with E-state index in [0.29, 0.717) is 25.9 Å². The van der Waals surface area contributed by atoms with Gasteiger partial charge in [0.15, 0.2) is 6.61 Å². The maximum atomic E-state index is 12.9. The molecule has 174 valence electrons. The van der Waals surface area contributed by atoms with Crippen molar-refractivity contribution < 1.29 is 35.9 Å². The number of sulfonamides is 1. The van der Waals surface area contributed by atoms with E-state index in [0.717, 1.165) is 18.2 Å². The van der Waals surface area contributed by atoms with Crippen LogP contribution in [-0.4, -0.2) is 51.6 Å². The standard InChI is InChI=1S/C20H20ClF3N2O5S/c1-30-17-6-4-13(21)10-15(17)19(27)25-16-11-14(32(28,29)26-8-2-3-9-26)5-7-18(16)31-12-20(22,23)24/h4-7,10-11H,2-3,8-9,12H2,1H3,(H,25,27). The van der Waals surface area contributed by atoms with Crippen molar-refractivity contribution in [1.82, 2.24) is 4.31 Å². The van der Waals surface area contributed by atoms with Gasteiger partial charge in [-0.25, -0.2) is 8.42 Å². The zero-order valence-corrected chi connectivity index (χ0v) is 18.5. The van der Waals surface area contributed by atoms with E-state index in [1.807, 2.05) is 0 Å². The van der Waals surface area contributed by atoms with Crippen molar-refractivity contribution in [2.24, 2.45) is 0 Å². The summed E-state index contributed by atoms with van der Waals surface area (Å²) in [5, 5.41) is 2.65. The van der Waals surface area contributed by atoms with Gasteiger partial charge in [-0.2, -0.15) is 17.5 Å². The van der Waals surface area contributed by atoms with Gasteiger partial charge in [0.25, 0.3) is 5.91 Å². The van der Waals surface area contributed by atoms with E-state index in [1.165, 1.54) is 29.6 Å². The molecule has 1 aliphatic rings. The minimum absolute atomic E-state index is 0.00887. The van der Waals surface area contributed by atoms with E-state index < -0.39 is 28.7 Å². The summed E-state index contributed by atoms with van der Waals surface area (Å²) in [4.78, 5) is 12.7. The monoisotopic (exact) mass is 492 g/mol. The smallest absolute Gasteiger partial charge is 0.422 e. The minimum atomic E-state index is -4.63. The van der Waals surface area contributed by atoms with Crippen LogP contribution in [0.3, 0.4) is 0 Å². The second-order valence-electron chi connectivity index (χ2n) is 6.97. The van der Waals surface area contributed by atoms with Gasteiger partial charge in [0.1, 0.15) is 11.5 Å². The summed E-state index contributed by atoms with van der Waals surface area (Å²) in [5.41, 5.74) is -0.226. The number of methoxy groups -OCH3 is 1. The molecule has 0 bridgehead atoms. The molecule has 1 fully saturated rings. The van der Waals surface area contributed by atoms with Crippen LogP contribution < -0.4 is 14.8 Å². The van der Waals surface area contributed by atoms with E-state index in [4.69, 9.17) is 21.1 Å². The molecule has 0 aromatic heterocycles. The predicted molar refractivity (Wildman–Crippen MR) is 112 cm³/mol. The lowest BCUT2D eigenvalue weighted by molar-refractivity contribution is -0.153. The summed E-state index contributed by atoms with van der Waals surface area (Å²) in [6.07, 6.45) is -3.20. The Kier molecular flexibility index (Phi) is 7.21. The quantitative estimate of drug-likeness (QED) is 0.622. The van der Waals surface area contributed by atoms with E-state index in [1.54, 1.807) is 0 Å². The van der Waals surface area contributed by atoms with Crippen molar-refractivity contribution in [3.63, 3.8) is 0 Å². The van der Waals surface area contributed by atoms with Gasteiger partial charge < -0.3 is 14.8 Å². The number of carbonyl (C=O) groups excluding carboxylic acids is 1. The maximum Gasteiger partial charge on any atom is 0.422 e. The largest absolute Gasteiger partial charge is 0.496 e. The number of alkyl halides is 3. The number of amides is 1. The molecule has 1 aliphatic heterocycles. The van der Waals surface area contributed by atoms with Crippen molar-refractivity contribution in [2.75, 3.05) is 32.1 Å². The number of hydrogen-bond acceptors (Lipinski definition) is 5. The first-order valence-corrected chi connectivity index (χ1v) is 11.3. The number of halogens is 4. The van der Waals surface area contributed by atoms with Crippen LogP contribution in [0.5, 0.6) is 11.5 Å². The molecule has 12 heteroatoms. The van der Waals surface area contributed by atoms with Gasteiger partial charge in [-0.05, 0) is 49.2 Å². The molecule has 1 amide bonds. The van der Waals surface area contributed by atoms with Crippen LogP contribution in [-0.2, 0) is 10.0 Å². The Bertz CT molecular complexity index is 1100. The van der Waals surface area contributed by atoms with Crippen molar-refractivity contribution in [3.8, 4) is 11.5 Å². The lowest BCUT2D eigenvalue weighted by atomic mass is 10.1. The number of hydrogen-bond donors (Lipinski definition) is 1. The molecule has 0 aliphatic carbocycles. The maximum absolute atomic E-state index is 12.9. The Morgan fingerprint density at radius 3 is 2.41 bits per heavy atom. The summed E-state index contributed by atoms with van der Waals surface area (Å²) in [5.74, 6) is -0.931. The van der Waals surface area contributed by atoms with Crippen LogP contribution in [0.25, 0.3) is 0 Å². The Morgan fingerprint density at radius 2 is 1.78 bits per heavy atom. The Hall–Kier alpha value is -2.50. The molecule has 1 heterocycles. The number of nitrogens with one attached hydrogen (secondary N) is 1. The van der Waals surface area contributed by atoms with Gasteiger partial charge in [0.2, 0.25) is 10.0 Å². The molecule has 3 rings (SSSR count). The van der Waals surface area contributed by atoms with E-state index in [9.17, 15) is 26.4 Å². The van der Waals surface area contributed by atoms with Crippen LogP contribution in [0.4, 0.5) is 18.9 Å². The lowest BCUT2D eigenvalue weighted by Gasteiger charge is -2.19. The number of benzene rings is 2. The van der Waals surface area contributed by atoms with Crippen LogP contribution in [0.15, 0.2) is 41.3 Å². The summed E-state index contributed by atoms with van der Waals surface area (Å²) in [6, 6.07) is 7.57. The first-order valence-electron chi connectivity index (χ1n) is 9.50. The van der Waals surface area contributed by atoms with Crippen LogP contribution in [0.2, 0.25) is 5.02 Å². The summed E-state index contributed by atoms with van der Waals surface area (Å²) >= 11 is 5.94. The van der Waals surface area contributed by atoms with Gasteiger partial charge in [-0.1, -0.05) is 11.6 Å². The van der Waals surface area contributed by atoms with Crippen molar-refractivity contribution in [3.05, 3.63) is 47.0 Å². The Morgan fingerprint density at radius 1 is 1.12 bits per heavy atom. The molecule has 0 spiro atoms. The lowest BCUT2D eigenvalue weighted by Crippen LogP contribution is -2.28. The molecule has 2 aromatic carbocycles. The molecule has 0 atom stereocenters. The zero-order chi connectivity index (χ0) is 23.5. The number of anilines is 1. The Labute approximate surface area is 188 Å². The van der Waals surface area contributed by atoms with Gasteiger partial charge >= 0.3 is 6.18 Å². The van der Waals surface area contributed by atoms with E-state index in [-0.39, 0.29) is 32.7 Å². The number of ether oxygens (including phenoxy) is 2. The highest BCUT2D eigenvalue weighted by Gasteiger charge is 2.31. The molecule has 1 saturated heterocycles. The van der Waals surface area contributed by atoms with Gasteiger partial charge in [0, 0.05) is 18.1 Å². The normalized spacial score (nSPS) is 14.9. The molecular formula is C20H20ClF3N2O5S. The highest BCUT2D eigenvalue weighted by Crippen LogP contribution is 2.33. The second-order valence-corrected chi connectivity index (χ2v) is 9.35. The Balaban J connectivity index is 1.98. The van der Waals surface area contributed by atoms with Gasteiger partial charge in [-0.3, -0.25) is 4.79 Å². The number of carbonyl (C=O) groups is 1. The molecular weight excluding hydrogens is 473 g/mol. The average molecular weight is 493 g/mol. The SMILES string of the molecule is COc1ccc(Cl)cc1C(=O)Nc1cc(S(=O)(=O)N2CCCC2)ccc1OCC(F)(F)F. The van der Waals surface area contributed by atoms with Crippen LogP contribution >= 0.6 is 11.6 Å². The van der Waals surface area contributed by atoms with Crippen molar-refractivity contribution in [2.45, 2.75) is 23.9 Å². The fourth-order valence-corrected chi connectivity index (χ4v) is 4.89.